The lowest BCUT2D eigenvalue weighted by Crippen LogP contribution is -2.45. The summed E-state index contributed by atoms with van der Waals surface area (Å²) in [6.45, 7) is 2.49. The molecule has 0 saturated carbocycles. The molecule has 2 aromatic carbocycles. The molecule has 33 heavy (non-hydrogen) atoms. The van der Waals surface area contributed by atoms with Gasteiger partial charge in [-0.2, -0.15) is 0 Å². The predicted molar refractivity (Wildman–Crippen MR) is 121 cm³/mol. The van der Waals surface area contributed by atoms with Crippen molar-refractivity contribution in [1.82, 2.24) is 10.6 Å². The van der Waals surface area contributed by atoms with Crippen LogP contribution in [-0.4, -0.2) is 55.0 Å². The second kappa shape index (κ2) is 10.0. The molecule has 0 radical (unpaired) electrons. The number of rotatable bonds is 8. The molecule has 3 N–H and O–H groups in total. The highest BCUT2D eigenvalue weighted by atomic mass is 16.5. The number of alkyl carbamates (subject to hydrolysis) is 1. The van der Waals surface area contributed by atoms with Crippen molar-refractivity contribution < 1.29 is 29.0 Å². The third kappa shape index (κ3) is 5.17. The van der Waals surface area contributed by atoms with Crippen LogP contribution in [0.3, 0.4) is 0 Å². The lowest BCUT2D eigenvalue weighted by atomic mass is 9.98. The highest BCUT2D eigenvalue weighted by Gasteiger charge is 2.35. The monoisotopic (exact) mass is 452 g/mol. The Hall–Kier alpha value is -3.39. The van der Waals surface area contributed by atoms with Crippen LogP contribution in [0, 0.1) is 5.92 Å². The van der Waals surface area contributed by atoms with Gasteiger partial charge in [-0.1, -0.05) is 48.5 Å². The van der Waals surface area contributed by atoms with Crippen molar-refractivity contribution in [3.05, 3.63) is 59.7 Å². The first kappa shape index (κ1) is 22.8. The number of carboxylic acids is 1. The molecule has 174 valence electrons. The number of benzene rings is 2. The number of amides is 2. The Kier molecular flexibility index (Phi) is 6.93. The van der Waals surface area contributed by atoms with Gasteiger partial charge in [0.1, 0.15) is 12.7 Å². The van der Waals surface area contributed by atoms with Gasteiger partial charge in [-0.15, -0.1) is 0 Å². The van der Waals surface area contributed by atoms with Crippen LogP contribution < -0.4 is 10.6 Å². The Balaban J connectivity index is 1.29. The smallest absolute Gasteiger partial charge is 0.407 e. The molecule has 4 rings (SSSR count). The van der Waals surface area contributed by atoms with E-state index in [2.05, 4.69) is 34.9 Å². The van der Waals surface area contributed by atoms with Crippen LogP contribution in [0.25, 0.3) is 11.1 Å². The number of carboxylic acid groups (broad SMARTS) is 1. The SMILES string of the molecule is C[C@@H](CC(=O)O)NC(=O)[C@H]1OCC[C@H]1CNC(=O)OCC1c2ccccc2-c2ccccc21. The summed E-state index contributed by atoms with van der Waals surface area (Å²) < 4.78 is 11.1. The summed E-state index contributed by atoms with van der Waals surface area (Å²) in [5, 5.41) is 14.3. The molecule has 0 spiro atoms. The van der Waals surface area contributed by atoms with E-state index in [1.165, 1.54) is 0 Å². The Bertz CT molecular complexity index is 994. The van der Waals surface area contributed by atoms with Gasteiger partial charge < -0.3 is 25.2 Å². The summed E-state index contributed by atoms with van der Waals surface area (Å²) in [6.07, 6.45) is -0.812. The second-order valence-electron chi connectivity index (χ2n) is 8.55. The first-order valence-corrected chi connectivity index (χ1v) is 11.2. The van der Waals surface area contributed by atoms with Gasteiger partial charge in [-0.25, -0.2) is 4.79 Å². The van der Waals surface area contributed by atoms with Crippen LogP contribution in [0.15, 0.2) is 48.5 Å². The number of carbonyl (C=O) groups is 3. The number of carbonyl (C=O) groups excluding carboxylic acids is 2. The van der Waals surface area contributed by atoms with Crippen LogP contribution in [0.2, 0.25) is 0 Å². The van der Waals surface area contributed by atoms with E-state index in [0.717, 1.165) is 22.3 Å². The molecule has 0 unspecified atom stereocenters. The highest BCUT2D eigenvalue weighted by molar-refractivity contribution is 5.82. The molecule has 1 saturated heterocycles. The third-order valence-corrected chi connectivity index (χ3v) is 6.19. The lowest BCUT2D eigenvalue weighted by molar-refractivity contribution is -0.138. The van der Waals surface area contributed by atoms with Gasteiger partial charge in [-0.3, -0.25) is 9.59 Å². The van der Waals surface area contributed by atoms with E-state index in [1.807, 2.05) is 24.3 Å². The largest absolute Gasteiger partial charge is 0.481 e. The second-order valence-corrected chi connectivity index (χ2v) is 8.55. The van der Waals surface area contributed by atoms with E-state index in [9.17, 15) is 14.4 Å². The molecule has 2 amide bonds. The van der Waals surface area contributed by atoms with Gasteiger partial charge >= 0.3 is 12.1 Å². The fourth-order valence-electron chi connectivity index (χ4n) is 4.63. The normalized spacial score (nSPS) is 19.9. The molecule has 2 aromatic rings. The van der Waals surface area contributed by atoms with Crippen molar-refractivity contribution in [2.45, 2.75) is 37.8 Å². The summed E-state index contributed by atoms with van der Waals surface area (Å²) in [5.41, 5.74) is 4.61. The zero-order chi connectivity index (χ0) is 23.4. The maximum Gasteiger partial charge on any atom is 0.407 e. The van der Waals surface area contributed by atoms with E-state index in [0.29, 0.717) is 13.0 Å². The molecule has 2 aliphatic rings. The molecule has 1 fully saturated rings. The van der Waals surface area contributed by atoms with E-state index in [4.69, 9.17) is 14.6 Å². The molecule has 8 heteroatoms. The van der Waals surface area contributed by atoms with Crippen molar-refractivity contribution in [2.24, 2.45) is 5.92 Å². The molecular formula is C25H28N2O6. The molecular weight excluding hydrogens is 424 g/mol. The first-order chi connectivity index (χ1) is 15.9. The Morgan fingerprint density at radius 2 is 1.73 bits per heavy atom. The third-order valence-electron chi connectivity index (χ3n) is 6.19. The number of fused-ring (bicyclic) bond motifs is 3. The molecule has 0 bridgehead atoms. The number of nitrogens with one attached hydrogen (secondary N) is 2. The summed E-state index contributed by atoms with van der Waals surface area (Å²) in [7, 11) is 0. The topological polar surface area (TPSA) is 114 Å². The number of aliphatic carboxylic acids is 1. The van der Waals surface area contributed by atoms with Crippen molar-refractivity contribution in [1.29, 1.82) is 0 Å². The zero-order valence-corrected chi connectivity index (χ0v) is 18.5. The molecule has 1 heterocycles. The summed E-state index contributed by atoms with van der Waals surface area (Å²) in [4.78, 5) is 35.7. The minimum atomic E-state index is -0.983. The van der Waals surface area contributed by atoms with E-state index < -0.39 is 24.2 Å². The minimum absolute atomic E-state index is 0.0211. The number of ether oxygens (including phenoxy) is 2. The molecule has 1 aliphatic heterocycles. The molecule has 1 aliphatic carbocycles. The van der Waals surface area contributed by atoms with Crippen molar-refractivity contribution in [2.75, 3.05) is 19.8 Å². The van der Waals surface area contributed by atoms with Crippen molar-refractivity contribution >= 4 is 18.0 Å². The predicted octanol–water partition coefficient (Wildman–Crippen LogP) is 2.91. The number of hydrogen-bond acceptors (Lipinski definition) is 5. The average molecular weight is 453 g/mol. The van der Waals surface area contributed by atoms with Gasteiger partial charge in [0.05, 0.1) is 6.42 Å². The van der Waals surface area contributed by atoms with Crippen molar-refractivity contribution in [3.63, 3.8) is 0 Å². The van der Waals surface area contributed by atoms with Crippen molar-refractivity contribution in [3.8, 4) is 11.1 Å². The fourth-order valence-corrected chi connectivity index (χ4v) is 4.63. The number of hydrogen-bond donors (Lipinski definition) is 3. The minimum Gasteiger partial charge on any atom is -0.481 e. The van der Waals surface area contributed by atoms with Gasteiger partial charge in [0.15, 0.2) is 0 Å². The van der Waals surface area contributed by atoms with Crippen LogP contribution in [0.5, 0.6) is 0 Å². The first-order valence-electron chi connectivity index (χ1n) is 11.2. The quantitative estimate of drug-likeness (QED) is 0.568. The van der Waals surface area contributed by atoms with Gasteiger partial charge in [0.2, 0.25) is 5.91 Å². The van der Waals surface area contributed by atoms with Gasteiger partial charge in [0, 0.05) is 31.0 Å². The maximum atomic E-state index is 12.5. The summed E-state index contributed by atoms with van der Waals surface area (Å²) in [6, 6.07) is 15.8. The standard InChI is InChI=1S/C25H28N2O6/c1-15(12-22(28)29)27-24(30)23-16(10-11-32-23)13-26-25(31)33-14-21-19-8-4-2-6-17(19)18-7-3-5-9-20(18)21/h2-9,15-16,21,23H,10-14H2,1H3,(H,26,31)(H,27,30)(H,28,29)/t15-,16-,23-/m0/s1. The van der Waals surface area contributed by atoms with E-state index >= 15 is 0 Å². The van der Waals surface area contributed by atoms with Crippen LogP contribution in [0.1, 0.15) is 36.8 Å². The van der Waals surface area contributed by atoms with Gasteiger partial charge in [-0.05, 0) is 35.6 Å². The lowest BCUT2D eigenvalue weighted by Gasteiger charge is -2.21. The van der Waals surface area contributed by atoms with E-state index in [-0.39, 0.29) is 37.3 Å². The van der Waals surface area contributed by atoms with Crippen LogP contribution >= 0.6 is 0 Å². The average Bonchev–Trinajstić information content (AvgIpc) is 3.38. The molecule has 3 atom stereocenters. The maximum absolute atomic E-state index is 12.5. The Labute approximate surface area is 192 Å². The molecule has 8 nitrogen and oxygen atoms in total. The van der Waals surface area contributed by atoms with Crippen LogP contribution in [-0.2, 0) is 19.1 Å². The van der Waals surface area contributed by atoms with Gasteiger partial charge in [0.25, 0.3) is 0 Å². The Morgan fingerprint density at radius 1 is 1.09 bits per heavy atom. The summed E-state index contributed by atoms with van der Waals surface area (Å²) in [5.74, 6) is -1.57. The summed E-state index contributed by atoms with van der Waals surface area (Å²) >= 11 is 0. The highest BCUT2D eigenvalue weighted by Crippen LogP contribution is 2.44. The molecule has 0 aromatic heterocycles. The zero-order valence-electron chi connectivity index (χ0n) is 18.5. The van der Waals surface area contributed by atoms with Crippen LogP contribution in [0.4, 0.5) is 4.79 Å². The fraction of sp³-hybridized carbons (Fsp3) is 0.400. The van der Waals surface area contributed by atoms with E-state index in [1.54, 1.807) is 6.92 Å². The Morgan fingerprint density at radius 3 is 2.36 bits per heavy atom.